The first-order valence-electron chi connectivity index (χ1n) is 11.2. The van der Waals surface area contributed by atoms with Gasteiger partial charge in [-0.05, 0) is 55.2 Å². The summed E-state index contributed by atoms with van der Waals surface area (Å²) in [7, 11) is 3.51. The smallest absolute Gasteiger partial charge is 0.191 e. The highest BCUT2D eigenvalue weighted by molar-refractivity contribution is 5.80. The number of rotatable bonds is 10. The Morgan fingerprint density at radius 1 is 1.10 bits per heavy atom. The van der Waals surface area contributed by atoms with Gasteiger partial charge in [0, 0.05) is 52.5 Å². The lowest BCUT2D eigenvalue weighted by atomic mass is 10.1. The molecule has 168 valence electrons. The van der Waals surface area contributed by atoms with Gasteiger partial charge >= 0.3 is 0 Å². The topological polar surface area (TPSA) is 58.1 Å². The van der Waals surface area contributed by atoms with Crippen LogP contribution in [-0.2, 0) is 11.3 Å². The van der Waals surface area contributed by atoms with E-state index in [1.807, 2.05) is 12.1 Å². The second-order valence-corrected chi connectivity index (χ2v) is 7.92. The summed E-state index contributed by atoms with van der Waals surface area (Å²) in [5.41, 5.74) is 3.73. The van der Waals surface area contributed by atoms with E-state index >= 15 is 0 Å². The fraction of sp³-hybridized carbons (Fsp3) is 0.480. The summed E-state index contributed by atoms with van der Waals surface area (Å²) in [6, 6.07) is 17.1. The second-order valence-electron chi connectivity index (χ2n) is 7.92. The average Bonchev–Trinajstić information content (AvgIpc) is 3.35. The van der Waals surface area contributed by atoms with Crippen molar-refractivity contribution >= 4 is 11.6 Å². The van der Waals surface area contributed by atoms with Crippen molar-refractivity contribution in [1.82, 2.24) is 10.6 Å². The van der Waals surface area contributed by atoms with Gasteiger partial charge in [-0.15, -0.1) is 0 Å². The molecule has 6 nitrogen and oxygen atoms in total. The van der Waals surface area contributed by atoms with Crippen LogP contribution in [0.15, 0.2) is 53.5 Å². The van der Waals surface area contributed by atoms with E-state index in [-0.39, 0.29) is 6.04 Å². The van der Waals surface area contributed by atoms with Crippen LogP contribution < -0.4 is 20.3 Å². The van der Waals surface area contributed by atoms with E-state index in [1.54, 1.807) is 14.2 Å². The van der Waals surface area contributed by atoms with Crippen molar-refractivity contribution in [2.75, 3.05) is 45.4 Å². The normalized spacial score (nSPS) is 15.1. The summed E-state index contributed by atoms with van der Waals surface area (Å²) in [5.74, 6) is 1.66. The molecule has 0 bridgehead atoms. The molecule has 2 aromatic carbocycles. The van der Waals surface area contributed by atoms with Crippen LogP contribution in [0.3, 0.4) is 0 Å². The van der Waals surface area contributed by atoms with Gasteiger partial charge in [0.15, 0.2) is 5.96 Å². The molecule has 1 heterocycles. The molecule has 0 amide bonds. The lowest BCUT2D eigenvalue weighted by Crippen LogP contribution is -2.38. The highest BCUT2D eigenvalue weighted by Crippen LogP contribution is 2.24. The van der Waals surface area contributed by atoms with Crippen LogP contribution in [0.2, 0.25) is 0 Å². The van der Waals surface area contributed by atoms with Gasteiger partial charge in [0.2, 0.25) is 0 Å². The van der Waals surface area contributed by atoms with Gasteiger partial charge in [-0.2, -0.15) is 0 Å². The molecular weight excluding hydrogens is 388 g/mol. The Labute approximate surface area is 186 Å². The molecule has 0 radical (unpaired) electrons. The van der Waals surface area contributed by atoms with Gasteiger partial charge in [0.05, 0.1) is 12.6 Å². The highest BCUT2D eigenvalue weighted by atomic mass is 16.5. The minimum atomic E-state index is 0.157. The van der Waals surface area contributed by atoms with Crippen LogP contribution >= 0.6 is 0 Å². The number of ether oxygens (including phenoxy) is 2. The molecular formula is C25H36N4O2. The fourth-order valence-corrected chi connectivity index (χ4v) is 3.77. The first kappa shape index (κ1) is 22.9. The Balaban J connectivity index is 1.52. The molecule has 1 atom stereocenters. The maximum absolute atomic E-state index is 5.80. The van der Waals surface area contributed by atoms with Crippen molar-refractivity contribution in [2.45, 2.75) is 38.8 Å². The number of aliphatic imine (C=N–C) groups is 1. The van der Waals surface area contributed by atoms with Gasteiger partial charge < -0.3 is 25.0 Å². The zero-order valence-electron chi connectivity index (χ0n) is 19.1. The van der Waals surface area contributed by atoms with E-state index in [1.165, 1.54) is 24.1 Å². The first-order valence-corrected chi connectivity index (χ1v) is 11.2. The zero-order valence-corrected chi connectivity index (χ0v) is 19.1. The van der Waals surface area contributed by atoms with Crippen molar-refractivity contribution in [3.8, 4) is 5.75 Å². The number of benzene rings is 2. The van der Waals surface area contributed by atoms with E-state index in [0.717, 1.165) is 36.8 Å². The fourth-order valence-electron chi connectivity index (χ4n) is 3.77. The molecule has 1 aliphatic rings. The predicted octanol–water partition coefficient (Wildman–Crippen LogP) is 4.13. The molecule has 3 rings (SSSR count). The first-order chi connectivity index (χ1) is 15.2. The molecule has 6 heteroatoms. The Kier molecular flexibility index (Phi) is 9.03. The summed E-state index contributed by atoms with van der Waals surface area (Å²) in [6.45, 7) is 6.53. The van der Waals surface area contributed by atoms with Crippen LogP contribution in [0.5, 0.6) is 5.75 Å². The third kappa shape index (κ3) is 7.17. The Hall–Kier alpha value is -2.73. The van der Waals surface area contributed by atoms with E-state index in [9.17, 15) is 0 Å². The Morgan fingerprint density at radius 2 is 1.90 bits per heavy atom. The summed E-state index contributed by atoms with van der Waals surface area (Å²) in [4.78, 5) is 6.87. The number of guanidine groups is 1. The van der Waals surface area contributed by atoms with Crippen molar-refractivity contribution in [3.63, 3.8) is 0 Å². The lowest BCUT2D eigenvalue weighted by Gasteiger charge is -2.22. The number of nitrogens with zero attached hydrogens (tertiary/aromatic N) is 2. The molecule has 0 saturated carbocycles. The molecule has 1 fully saturated rings. The summed E-state index contributed by atoms with van der Waals surface area (Å²) < 4.78 is 10.9. The maximum atomic E-state index is 5.80. The zero-order chi connectivity index (χ0) is 21.9. The van der Waals surface area contributed by atoms with Gasteiger partial charge in [0.1, 0.15) is 5.75 Å². The molecule has 2 aromatic rings. The predicted molar refractivity (Wildman–Crippen MR) is 128 cm³/mol. The van der Waals surface area contributed by atoms with Crippen molar-refractivity contribution in [1.29, 1.82) is 0 Å². The van der Waals surface area contributed by atoms with E-state index in [4.69, 9.17) is 9.47 Å². The van der Waals surface area contributed by atoms with Crippen LogP contribution in [-0.4, -0.2) is 46.4 Å². The van der Waals surface area contributed by atoms with Crippen molar-refractivity contribution < 1.29 is 9.47 Å². The minimum Gasteiger partial charge on any atom is -0.493 e. The van der Waals surface area contributed by atoms with Crippen LogP contribution in [0.4, 0.5) is 5.69 Å². The number of anilines is 1. The molecule has 1 saturated heterocycles. The van der Waals surface area contributed by atoms with Gasteiger partial charge in [-0.1, -0.05) is 24.3 Å². The SMILES string of the molecule is CN=C(NCc1cccc(OCCCOC)c1)NC(C)c1cccc(N2CCCC2)c1. The minimum absolute atomic E-state index is 0.157. The number of nitrogens with one attached hydrogen (secondary N) is 2. The average molecular weight is 425 g/mol. The standard InChI is InChI=1S/C25H36N4O2/c1-20(22-10-7-11-23(18-22)29-13-4-5-14-29)28-25(26-2)27-19-21-9-6-12-24(17-21)31-16-8-15-30-3/h6-7,9-12,17-18,20H,4-5,8,13-16,19H2,1-3H3,(H2,26,27,28). The van der Waals surface area contributed by atoms with Crippen LogP contribution in [0.1, 0.15) is 43.4 Å². The maximum Gasteiger partial charge on any atom is 0.191 e. The number of methoxy groups -OCH3 is 1. The highest BCUT2D eigenvalue weighted by Gasteiger charge is 2.14. The Bertz CT molecular complexity index is 834. The molecule has 0 aliphatic carbocycles. The molecule has 31 heavy (non-hydrogen) atoms. The number of hydrogen-bond donors (Lipinski definition) is 2. The van der Waals surface area contributed by atoms with Crippen molar-refractivity contribution in [2.24, 2.45) is 4.99 Å². The Morgan fingerprint density at radius 3 is 2.68 bits per heavy atom. The van der Waals surface area contributed by atoms with Gasteiger partial charge in [0.25, 0.3) is 0 Å². The van der Waals surface area contributed by atoms with E-state index < -0.39 is 0 Å². The van der Waals surface area contributed by atoms with Crippen LogP contribution in [0.25, 0.3) is 0 Å². The van der Waals surface area contributed by atoms with E-state index in [0.29, 0.717) is 19.8 Å². The third-order valence-corrected chi connectivity index (χ3v) is 5.54. The van der Waals surface area contributed by atoms with E-state index in [2.05, 4.69) is 63.8 Å². The van der Waals surface area contributed by atoms with Crippen molar-refractivity contribution in [3.05, 3.63) is 59.7 Å². The number of hydrogen-bond acceptors (Lipinski definition) is 4. The van der Waals surface area contributed by atoms with Gasteiger partial charge in [-0.3, -0.25) is 4.99 Å². The molecule has 0 spiro atoms. The molecule has 2 N–H and O–H groups in total. The monoisotopic (exact) mass is 424 g/mol. The largest absolute Gasteiger partial charge is 0.493 e. The molecule has 1 unspecified atom stereocenters. The third-order valence-electron chi connectivity index (χ3n) is 5.54. The summed E-state index contributed by atoms with van der Waals surface area (Å²) >= 11 is 0. The van der Waals surface area contributed by atoms with Gasteiger partial charge in [-0.25, -0.2) is 0 Å². The molecule has 1 aliphatic heterocycles. The second kappa shape index (κ2) is 12.2. The lowest BCUT2D eigenvalue weighted by molar-refractivity contribution is 0.172. The summed E-state index contributed by atoms with van der Waals surface area (Å²) in [6.07, 6.45) is 3.45. The quantitative estimate of drug-likeness (QED) is 0.341. The molecule has 0 aromatic heterocycles. The van der Waals surface area contributed by atoms with Crippen LogP contribution in [0, 0.1) is 0 Å². The summed E-state index contributed by atoms with van der Waals surface area (Å²) in [5, 5.41) is 6.92.